The number of sulfonamides is 1. The summed E-state index contributed by atoms with van der Waals surface area (Å²) in [6.45, 7) is -0.151. The second-order valence-electron chi connectivity index (χ2n) is 5.20. The van der Waals surface area contributed by atoms with Gasteiger partial charge in [-0.2, -0.15) is 4.31 Å². The van der Waals surface area contributed by atoms with Crippen molar-refractivity contribution in [1.29, 1.82) is 0 Å². The number of nitrogens with zero attached hydrogens (tertiary/aromatic N) is 1. The van der Waals surface area contributed by atoms with Crippen molar-refractivity contribution < 1.29 is 33.0 Å². The number of carbonyl (C=O) groups is 2. The van der Waals surface area contributed by atoms with Crippen molar-refractivity contribution in [3.8, 4) is 5.75 Å². The van der Waals surface area contributed by atoms with Gasteiger partial charge in [-0.1, -0.05) is 0 Å². The summed E-state index contributed by atoms with van der Waals surface area (Å²) in [5.41, 5.74) is 0. The summed E-state index contributed by atoms with van der Waals surface area (Å²) >= 11 is 0. The molecule has 1 heterocycles. The molecule has 1 aliphatic rings. The zero-order valence-corrected chi connectivity index (χ0v) is 13.2. The van der Waals surface area contributed by atoms with Crippen LogP contribution in [0.2, 0.25) is 0 Å². The Balaban J connectivity index is 2.33. The lowest BCUT2D eigenvalue weighted by Gasteiger charge is -2.34. The summed E-state index contributed by atoms with van der Waals surface area (Å²) in [5.74, 6) is -2.85. The summed E-state index contributed by atoms with van der Waals surface area (Å²) in [7, 11) is -2.58. The topological polar surface area (TPSA) is 121 Å². The Labute approximate surface area is 133 Å². The Morgan fingerprint density at radius 3 is 2.26 bits per heavy atom. The molecule has 0 unspecified atom stereocenters. The molecule has 1 aliphatic heterocycles. The minimum Gasteiger partial charge on any atom is -0.497 e. The third-order valence-corrected chi connectivity index (χ3v) is 5.78. The Bertz CT molecular complexity index is 698. The van der Waals surface area contributed by atoms with E-state index in [0.717, 1.165) is 4.31 Å². The Hall–Kier alpha value is -2.13. The Kier molecular flexibility index (Phi) is 4.90. The predicted octanol–water partition coefficient (Wildman–Crippen LogP) is 0.634. The third-order valence-electron chi connectivity index (χ3n) is 3.85. The van der Waals surface area contributed by atoms with Crippen LogP contribution in [0.5, 0.6) is 5.75 Å². The third kappa shape index (κ3) is 3.45. The molecule has 23 heavy (non-hydrogen) atoms. The standard InChI is InChI=1S/C14H17NO7S/c1-22-10-2-4-11(5-3-10)23(20,21)15-7-6-9(13(16)17)8-12(15)14(18)19/h2-5,9,12H,6-8H2,1H3,(H,16,17)(H,18,19)/t9-,12-/m1/s1. The number of piperidine rings is 1. The molecule has 2 N–H and O–H groups in total. The van der Waals surface area contributed by atoms with Crippen LogP contribution < -0.4 is 4.74 Å². The number of ether oxygens (including phenoxy) is 1. The van der Waals surface area contributed by atoms with Crippen LogP contribution in [0.15, 0.2) is 29.2 Å². The fraction of sp³-hybridized carbons (Fsp3) is 0.429. The molecule has 1 aromatic rings. The van der Waals surface area contributed by atoms with Crippen molar-refractivity contribution in [1.82, 2.24) is 4.31 Å². The second-order valence-corrected chi connectivity index (χ2v) is 7.10. The Morgan fingerprint density at radius 1 is 1.17 bits per heavy atom. The number of rotatable bonds is 5. The van der Waals surface area contributed by atoms with Gasteiger partial charge >= 0.3 is 11.9 Å². The molecule has 0 bridgehead atoms. The monoisotopic (exact) mass is 343 g/mol. The van der Waals surface area contributed by atoms with Crippen LogP contribution in [0.25, 0.3) is 0 Å². The van der Waals surface area contributed by atoms with Gasteiger partial charge in [0.05, 0.1) is 17.9 Å². The van der Waals surface area contributed by atoms with E-state index >= 15 is 0 Å². The number of aliphatic carboxylic acids is 2. The summed E-state index contributed by atoms with van der Waals surface area (Å²) in [6, 6.07) is 4.20. The van der Waals surface area contributed by atoms with Crippen molar-refractivity contribution in [3.05, 3.63) is 24.3 Å². The molecule has 1 saturated heterocycles. The average Bonchev–Trinajstić information content (AvgIpc) is 2.54. The highest BCUT2D eigenvalue weighted by Crippen LogP contribution is 2.29. The van der Waals surface area contributed by atoms with E-state index in [4.69, 9.17) is 9.84 Å². The molecule has 9 heteroatoms. The molecule has 0 aliphatic carbocycles. The van der Waals surface area contributed by atoms with Crippen molar-refractivity contribution in [3.63, 3.8) is 0 Å². The number of hydrogen-bond acceptors (Lipinski definition) is 5. The first-order valence-corrected chi connectivity index (χ1v) is 8.33. The molecule has 2 atom stereocenters. The minimum atomic E-state index is -4.03. The van der Waals surface area contributed by atoms with Gasteiger partial charge in [0.2, 0.25) is 10.0 Å². The highest BCUT2D eigenvalue weighted by atomic mass is 32.2. The minimum absolute atomic E-state index is 0.0571. The maximum Gasteiger partial charge on any atom is 0.322 e. The molecule has 8 nitrogen and oxygen atoms in total. The van der Waals surface area contributed by atoms with Gasteiger partial charge in [-0.25, -0.2) is 8.42 Å². The molecule has 1 fully saturated rings. The zero-order valence-electron chi connectivity index (χ0n) is 12.4. The first-order valence-electron chi connectivity index (χ1n) is 6.89. The van der Waals surface area contributed by atoms with Crippen molar-refractivity contribution >= 4 is 22.0 Å². The molecule has 126 valence electrons. The fourth-order valence-corrected chi connectivity index (χ4v) is 4.17. The van der Waals surface area contributed by atoms with Crippen LogP contribution in [0, 0.1) is 5.92 Å². The number of carboxylic acids is 2. The molecule has 0 saturated carbocycles. The highest BCUT2D eigenvalue weighted by Gasteiger charge is 2.42. The SMILES string of the molecule is COc1ccc(S(=O)(=O)N2CC[C@@H](C(=O)O)C[C@@H]2C(=O)O)cc1. The van der Waals surface area contributed by atoms with Gasteiger partial charge in [0.15, 0.2) is 0 Å². The summed E-state index contributed by atoms with van der Waals surface area (Å²) in [4.78, 5) is 22.4. The smallest absolute Gasteiger partial charge is 0.322 e. The molecule has 0 spiro atoms. The van der Waals surface area contributed by atoms with E-state index in [-0.39, 0.29) is 24.3 Å². The van der Waals surface area contributed by atoms with Crippen molar-refractivity contribution in [2.45, 2.75) is 23.8 Å². The molecule has 0 radical (unpaired) electrons. The number of carboxylic acid groups (broad SMARTS) is 2. The first-order chi connectivity index (χ1) is 10.8. The lowest BCUT2D eigenvalue weighted by molar-refractivity contribution is -0.148. The van der Waals surface area contributed by atoms with Crippen molar-refractivity contribution in [2.24, 2.45) is 5.92 Å². The van der Waals surface area contributed by atoms with E-state index in [2.05, 4.69) is 0 Å². The number of benzene rings is 1. The lowest BCUT2D eigenvalue weighted by atomic mass is 9.93. The van der Waals surface area contributed by atoms with Crippen LogP contribution >= 0.6 is 0 Å². The molecule has 0 amide bonds. The second kappa shape index (κ2) is 6.55. The van der Waals surface area contributed by atoms with Crippen LogP contribution in [0.1, 0.15) is 12.8 Å². The van der Waals surface area contributed by atoms with E-state index in [1.807, 2.05) is 0 Å². The first kappa shape index (κ1) is 17.2. The number of methoxy groups -OCH3 is 1. The van der Waals surface area contributed by atoms with E-state index in [1.54, 1.807) is 0 Å². The van der Waals surface area contributed by atoms with Crippen LogP contribution in [0.4, 0.5) is 0 Å². The quantitative estimate of drug-likeness (QED) is 0.804. The van der Waals surface area contributed by atoms with E-state index in [9.17, 15) is 23.1 Å². The maximum absolute atomic E-state index is 12.7. The lowest BCUT2D eigenvalue weighted by Crippen LogP contribution is -2.51. The van der Waals surface area contributed by atoms with E-state index in [0.29, 0.717) is 5.75 Å². The predicted molar refractivity (Wildman–Crippen MR) is 78.7 cm³/mol. The van der Waals surface area contributed by atoms with Gasteiger partial charge in [-0.05, 0) is 37.1 Å². The summed E-state index contributed by atoms with van der Waals surface area (Å²) in [5, 5.41) is 18.3. The highest BCUT2D eigenvalue weighted by molar-refractivity contribution is 7.89. The zero-order chi connectivity index (χ0) is 17.2. The van der Waals surface area contributed by atoms with Crippen LogP contribution in [-0.4, -0.2) is 54.6 Å². The maximum atomic E-state index is 12.7. The normalized spacial score (nSPS) is 22.5. The number of hydrogen-bond donors (Lipinski definition) is 2. The van der Waals surface area contributed by atoms with Crippen LogP contribution in [-0.2, 0) is 19.6 Å². The van der Waals surface area contributed by atoms with Gasteiger partial charge < -0.3 is 14.9 Å². The molecular weight excluding hydrogens is 326 g/mol. The average molecular weight is 343 g/mol. The van der Waals surface area contributed by atoms with Gasteiger partial charge in [-0.15, -0.1) is 0 Å². The van der Waals surface area contributed by atoms with Crippen LogP contribution in [0.3, 0.4) is 0 Å². The van der Waals surface area contributed by atoms with Crippen molar-refractivity contribution in [2.75, 3.05) is 13.7 Å². The largest absolute Gasteiger partial charge is 0.497 e. The van der Waals surface area contributed by atoms with Gasteiger partial charge in [0.25, 0.3) is 0 Å². The van der Waals surface area contributed by atoms with Gasteiger partial charge in [0, 0.05) is 6.54 Å². The Morgan fingerprint density at radius 2 is 1.78 bits per heavy atom. The fourth-order valence-electron chi connectivity index (χ4n) is 2.56. The van der Waals surface area contributed by atoms with Gasteiger partial charge in [-0.3, -0.25) is 9.59 Å². The van der Waals surface area contributed by atoms with E-state index < -0.39 is 33.9 Å². The molecule has 2 rings (SSSR count). The van der Waals surface area contributed by atoms with Gasteiger partial charge in [0.1, 0.15) is 11.8 Å². The molecular formula is C14H17NO7S. The summed E-state index contributed by atoms with van der Waals surface area (Å²) < 4.78 is 31.1. The molecule has 0 aromatic heterocycles. The van der Waals surface area contributed by atoms with E-state index in [1.165, 1.54) is 31.4 Å². The summed E-state index contributed by atoms with van der Waals surface area (Å²) in [6.07, 6.45) is -0.172. The molecule has 1 aromatic carbocycles.